The number of hydrogen-bond acceptors (Lipinski definition) is 5. The Hall–Kier alpha value is -2.96. The molecule has 0 spiro atoms. The quantitative estimate of drug-likeness (QED) is 0.419. The first-order chi connectivity index (χ1) is 15.8. The second-order valence-corrected chi connectivity index (χ2v) is 9.35. The molecule has 8 heteroatoms. The summed E-state index contributed by atoms with van der Waals surface area (Å²) in [4.78, 5) is 28.4. The van der Waals surface area contributed by atoms with Crippen LogP contribution in [-0.2, 0) is 4.79 Å². The first kappa shape index (κ1) is 21.9. The maximum Gasteiger partial charge on any atom is 0.290 e. The summed E-state index contributed by atoms with van der Waals surface area (Å²) in [6.07, 6.45) is 4.58. The number of ketones is 1. The molecule has 1 unspecified atom stereocenters. The van der Waals surface area contributed by atoms with Crippen LogP contribution in [0.3, 0.4) is 0 Å². The van der Waals surface area contributed by atoms with Gasteiger partial charge < -0.3 is 19.5 Å². The Balaban J connectivity index is 1.62. The molecule has 0 radical (unpaired) electrons. The number of phenolic OH excluding ortho intramolecular Hbond substituents is 1. The Kier molecular flexibility index (Phi) is 5.59. The van der Waals surface area contributed by atoms with E-state index in [9.17, 15) is 19.8 Å². The lowest BCUT2D eigenvalue weighted by molar-refractivity contribution is -0.132. The number of Topliss-reactive ketones (excluding diaryl/α,β-unsaturated/α-hetero) is 1. The SMILES string of the molecule is O=C(C1=C(O)C(=O)N(C2CCCCC2)C1c1ccc(O)c(Cl)c1)c1cc2cc(Cl)ccc2o1. The van der Waals surface area contributed by atoms with Gasteiger partial charge in [0.1, 0.15) is 11.3 Å². The van der Waals surface area contributed by atoms with Crippen LogP contribution in [0.15, 0.2) is 58.2 Å². The molecule has 1 saturated carbocycles. The maximum absolute atomic E-state index is 13.6. The molecular weight excluding hydrogens is 465 g/mol. The lowest BCUT2D eigenvalue weighted by Gasteiger charge is -2.36. The minimum atomic E-state index is -0.844. The molecule has 1 atom stereocenters. The number of aliphatic hydroxyl groups is 1. The number of nitrogens with zero attached hydrogens (tertiary/aromatic N) is 1. The van der Waals surface area contributed by atoms with Gasteiger partial charge >= 0.3 is 0 Å². The zero-order valence-electron chi connectivity index (χ0n) is 17.6. The third-order valence-corrected chi connectivity index (χ3v) is 6.98. The zero-order chi connectivity index (χ0) is 23.3. The zero-order valence-corrected chi connectivity index (χ0v) is 19.1. The van der Waals surface area contributed by atoms with Crippen LogP contribution in [0.4, 0.5) is 0 Å². The Morgan fingerprint density at radius 2 is 1.76 bits per heavy atom. The van der Waals surface area contributed by atoms with Crippen LogP contribution < -0.4 is 0 Å². The molecule has 1 aliphatic heterocycles. The predicted octanol–water partition coefficient (Wildman–Crippen LogP) is 6.36. The summed E-state index contributed by atoms with van der Waals surface area (Å²) in [5.41, 5.74) is 0.946. The highest BCUT2D eigenvalue weighted by Gasteiger charge is 2.47. The van der Waals surface area contributed by atoms with Gasteiger partial charge in [0.25, 0.3) is 5.91 Å². The predicted molar refractivity (Wildman–Crippen MR) is 125 cm³/mol. The van der Waals surface area contributed by atoms with Crippen molar-refractivity contribution in [2.24, 2.45) is 0 Å². The van der Waals surface area contributed by atoms with Gasteiger partial charge in [-0.2, -0.15) is 0 Å². The molecule has 1 fully saturated rings. The highest BCUT2D eigenvalue weighted by Crippen LogP contribution is 2.44. The van der Waals surface area contributed by atoms with Gasteiger partial charge in [-0.1, -0.05) is 48.5 Å². The number of amides is 1. The van der Waals surface area contributed by atoms with Crippen molar-refractivity contribution in [2.75, 3.05) is 0 Å². The van der Waals surface area contributed by atoms with Gasteiger partial charge in [-0.15, -0.1) is 0 Å². The molecule has 3 aromatic rings. The molecule has 0 saturated heterocycles. The number of aromatic hydroxyl groups is 1. The second kappa shape index (κ2) is 8.43. The molecule has 2 N–H and O–H groups in total. The topological polar surface area (TPSA) is 91.0 Å². The Morgan fingerprint density at radius 1 is 1.00 bits per heavy atom. The van der Waals surface area contributed by atoms with Crippen LogP contribution >= 0.6 is 23.2 Å². The average molecular weight is 486 g/mol. The van der Waals surface area contributed by atoms with Crippen LogP contribution in [-0.4, -0.2) is 32.8 Å². The molecule has 1 aromatic heterocycles. The third-order valence-electron chi connectivity index (χ3n) is 6.45. The molecular formula is C25H21Cl2NO5. The number of aliphatic hydroxyl groups excluding tert-OH is 1. The largest absolute Gasteiger partial charge is 0.506 e. The molecule has 6 nitrogen and oxygen atoms in total. The summed E-state index contributed by atoms with van der Waals surface area (Å²) in [7, 11) is 0. The van der Waals surface area contributed by atoms with Crippen LogP contribution in [0.25, 0.3) is 11.0 Å². The van der Waals surface area contributed by atoms with Gasteiger partial charge in [0.05, 0.1) is 16.6 Å². The van der Waals surface area contributed by atoms with E-state index in [2.05, 4.69) is 0 Å². The number of rotatable bonds is 4. The van der Waals surface area contributed by atoms with Gasteiger partial charge in [0.15, 0.2) is 11.5 Å². The van der Waals surface area contributed by atoms with E-state index in [1.165, 1.54) is 12.1 Å². The van der Waals surface area contributed by atoms with E-state index in [0.717, 1.165) is 32.1 Å². The van der Waals surface area contributed by atoms with Crippen molar-refractivity contribution in [3.63, 3.8) is 0 Å². The second-order valence-electron chi connectivity index (χ2n) is 8.50. The van der Waals surface area contributed by atoms with Crippen molar-refractivity contribution in [2.45, 2.75) is 44.2 Å². The molecule has 33 heavy (non-hydrogen) atoms. The normalized spacial score (nSPS) is 19.6. The minimum absolute atomic E-state index is 0.00184. The van der Waals surface area contributed by atoms with Gasteiger partial charge in [-0.05, 0) is 54.8 Å². The maximum atomic E-state index is 13.6. The Bertz CT molecular complexity index is 1310. The van der Waals surface area contributed by atoms with Gasteiger partial charge in [-0.3, -0.25) is 9.59 Å². The third kappa shape index (κ3) is 3.77. The van der Waals surface area contributed by atoms with E-state index in [1.807, 2.05) is 0 Å². The van der Waals surface area contributed by atoms with E-state index < -0.39 is 23.5 Å². The molecule has 0 bridgehead atoms. The van der Waals surface area contributed by atoms with Crippen molar-refractivity contribution < 1.29 is 24.2 Å². The smallest absolute Gasteiger partial charge is 0.290 e. The summed E-state index contributed by atoms with van der Waals surface area (Å²) in [5.74, 6) is -1.86. The first-order valence-corrected chi connectivity index (χ1v) is 11.6. The van der Waals surface area contributed by atoms with Crippen molar-refractivity contribution >= 4 is 45.9 Å². The Morgan fingerprint density at radius 3 is 2.48 bits per heavy atom. The van der Waals surface area contributed by atoms with Crippen molar-refractivity contribution in [3.8, 4) is 5.75 Å². The number of carbonyl (C=O) groups excluding carboxylic acids is 2. The summed E-state index contributed by atoms with van der Waals surface area (Å²) in [6, 6.07) is 10.1. The number of benzene rings is 2. The Labute approximate surface area is 200 Å². The number of furan rings is 1. The van der Waals surface area contributed by atoms with Crippen LogP contribution in [0.2, 0.25) is 10.0 Å². The summed E-state index contributed by atoms with van der Waals surface area (Å²) in [6.45, 7) is 0. The number of carbonyl (C=O) groups is 2. The lowest BCUT2D eigenvalue weighted by atomic mass is 9.90. The number of halogens is 2. The first-order valence-electron chi connectivity index (χ1n) is 10.8. The fourth-order valence-electron chi connectivity index (χ4n) is 4.87. The molecule has 1 aliphatic carbocycles. The standard InChI is InChI=1S/C25H21Cl2NO5/c26-15-7-9-19-14(10-15)12-20(33-19)23(30)21-22(13-6-8-18(29)17(27)11-13)28(25(32)24(21)31)16-4-2-1-3-5-16/h6-12,16,22,29,31H,1-5H2. The van der Waals surface area contributed by atoms with Crippen LogP contribution in [0.5, 0.6) is 5.75 Å². The van der Waals surface area contributed by atoms with Crippen molar-refractivity contribution in [1.82, 2.24) is 4.90 Å². The lowest BCUT2D eigenvalue weighted by Crippen LogP contribution is -2.41. The molecule has 1 amide bonds. The van der Waals surface area contributed by atoms with Gasteiger partial charge in [0, 0.05) is 16.5 Å². The van der Waals surface area contributed by atoms with E-state index in [4.69, 9.17) is 27.6 Å². The van der Waals surface area contributed by atoms with Crippen molar-refractivity contribution in [3.05, 3.63) is 75.2 Å². The molecule has 5 rings (SSSR count). The summed E-state index contributed by atoms with van der Waals surface area (Å²) in [5, 5.41) is 22.0. The highest BCUT2D eigenvalue weighted by atomic mass is 35.5. The summed E-state index contributed by atoms with van der Waals surface area (Å²) >= 11 is 12.2. The number of fused-ring (bicyclic) bond motifs is 1. The number of hydrogen-bond donors (Lipinski definition) is 2. The van der Waals surface area contributed by atoms with Crippen molar-refractivity contribution in [1.29, 1.82) is 0 Å². The van der Waals surface area contributed by atoms with Gasteiger partial charge in [-0.25, -0.2) is 0 Å². The van der Waals surface area contributed by atoms with Gasteiger partial charge in [0.2, 0.25) is 5.78 Å². The molecule has 170 valence electrons. The monoisotopic (exact) mass is 485 g/mol. The molecule has 2 aromatic carbocycles. The average Bonchev–Trinajstić information content (AvgIpc) is 3.34. The fourth-order valence-corrected chi connectivity index (χ4v) is 5.24. The van der Waals surface area contributed by atoms with E-state index in [-0.39, 0.29) is 28.1 Å². The minimum Gasteiger partial charge on any atom is -0.506 e. The summed E-state index contributed by atoms with van der Waals surface area (Å²) < 4.78 is 5.74. The number of phenols is 1. The highest BCUT2D eigenvalue weighted by molar-refractivity contribution is 6.32. The fraction of sp³-hybridized carbons (Fsp3) is 0.280. The molecule has 2 heterocycles. The van der Waals surface area contributed by atoms with E-state index in [1.54, 1.807) is 35.2 Å². The van der Waals surface area contributed by atoms with E-state index in [0.29, 0.717) is 21.6 Å². The van der Waals surface area contributed by atoms with E-state index >= 15 is 0 Å². The van der Waals surface area contributed by atoms with Crippen LogP contribution in [0, 0.1) is 0 Å². The molecule has 2 aliphatic rings. The van der Waals surface area contributed by atoms with Crippen LogP contribution in [0.1, 0.15) is 54.3 Å².